The van der Waals surface area contributed by atoms with Crippen molar-refractivity contribution < 1.29 is 4.42 Å². The van der Waals surface area contributed by atoms with Gasteiger partial charge in [-0.15, -0.1) is 11.3 Å². The van der Waals surface area contributed by atoms with Crippen molar-refractivity contribution in [1.82, 2.24) is 0 Å². The Labute approximate surface area is 386 Å². The fourth-order valence-corrected chi connectivity index (χ4v) is 12.9. The number of fused-ring (bicyclic) bond motifs is 12. The predicted octanol–water partition coefficient (Wildman–Crippen LogP) is 11.8. The van der Waals surface area contributed by atoms with Gasteiger partial charge in [0.15, 0.2) is 0 Å². The van der Waals surface area contributed by atoms with Gasteiger partial charge in [-0.2, -0.15) is 0 Å². The SMILES string of the molecule is c1ccc(N2c3cc4c(cc3B3c5c2cccc5N(c2ccccc2)c2sc5ccccc5c23)N(c2ccccc2)c2cccc3c2B4c2oc4ccccc4c2N3c2ccccc2)cc1. The number of anilines is 12. The molecular formula is C58H36B2N4OS. The summed E-state index contributed by atoms with van der Waals surface area (Å²) in [5.74, 6) is 0. The summed E-state index contributed by atoms with van der Waals surface area (Å²) in [5.41, 5.74) is 20.9. The number of thiophene rings is 1. The van der Waals surface area contributed by atoms with Crippen LogP contribution in [0.25, 0.3) is 21.1 Å². The first-order chi connectivity index (χ1) is 32.8. The molecule has 0 aliphatic carbocycles. The molecule has 0 radical (unpaired) electrons. The molecule has 66 heavy (non-hydrogen) atoms. The minimum Gasteiger partial charge on any atom is -0.468 e. The van der Waals surface area contributed by atoms with E-state index in [1.54, 1.807) is 0 Å². The number of furan rings is 1. The Kier molecular flexibility index (Phi) is 7.49. The lowest BCUT2D eigenvalue weighted by atomic mass is 9.32. The van der Waals surface area contributed by atoms with Crippen LogP contribution in [-0.2, 0) is 0 Å². The Morgan fingerprint density at radius 2 is 0.788 bits per heavy atom. The van der Waals surface area contributed by atoms with Crippen molar-refractivity contribution in [2.45, 2.75) is 0 Å². The van der Waals surface area contributed by atoms with E-state index in [1.807, 2.05) is 11.3 Å². The van der Waals surface area contributed by atoms with Crippen LogP contribution in [0.4, 0.5) is 67.6 Å². The second-order valence-corrected chi connectivity index (χ2v) is 18.6. The molecule has 306 valence electrons. The molecule has 4 aliphatic rings. The van der Waals surface area contributed by atoms with Crippen molar-refractivity contribution in [1.29, 1.82) is 0 Å². The molecule has 8 heteroatoms. The first kappa shape index (κ1) is 36.2. The van der Waals surface area contributed by atoms with Crippen LogP contribution in [0.3, 0.4) is 0 Å². The Morgan fingerprint density at radius 1 is 0.348 bits per heavy atom. The van der Waals surface area contributed by atoms with E-state index >= 15 is 0 Å². The first-order valence-corrected chi connectivity index (χ1v) is 23.5. The van der Waals surface area contributed by atoms with E-state index in [-0.39, 0.29) is 13.4 Å². The highest BCUT2D eigenvalue weighted by atomic mass is 32.1. The maximum absolute atomic E-state index is 7.23. The standard InChI is InChI=1S/C58H36B2N4OS/c1-5-19-37(20-6-1)61-45-29-18-32-48-54(45)59(53-42-28-14-16-34-52(42)66-58(53)64(48)40-25-11-4-12-26-40)43-35-50-44(36-49(43)61)60-55-46(62(50)38-21-7-2-8-22-38)30-17-31-47(55)63(39-23-9-3-10-24-39)56-41-27-13-15-33-51(41)65-57(56)60/h1-36H. The zero-order valence-electron chi connectivity index (χ0n) is 35.5. The molecule has 0 unspecified atom stereocenters. The summed E-state index contributed by atoms with van der Waals surface area (Å²) in [6.07, 6.45) is 0. The molecule has 15 rings (SSSR count). The molecule has 6 heterocycles. The van der Waals surface area contributed by atoms with Gasteiger partial charge in [-0.05, 0) is 136 Å². The van der Waals surface area contributed by atoms with Gasteiger partial charge in [-0.25, -0.2) is 0 Å². The molecule has 4 aliphatic heterocycles. The zero-order valence-corrected chi connectivity index (χ0v) is 36.4. The van der Waals surface area contributed by atoms with Gasteiger partial charge in [-0.3, -0.25) is 0 Å². The number of hydrogen-bond acceptors (Lipinski definition) is 6. The number of hydrogen-bond donors (Lipinski definition) is 0. The number of para-hydroxylation sites is 5. The second kappa shape index (κ2) is 13.7. The van der Waals surface area contributed by atoms with Crippen LogP contribution in [0, 0.1) is 0 Å². The minimum absolute atomic E-state index is 0.0466. The molecule has 2 aromatic heterocycles. The van der Waals surface area contributed by atoms with Crippen LogP contribution < -0.4 is 52.6 Å². The summed E-state index contributed by atoms with van der Waals surface area (Å²) < 4.78 is 8.52. The van der Waals surface area contributed by atoms with Gasteiger partial charge >= 0.3 is 0 Å². The van der Waals surface area contributed by atoms with E-state index < -0.39 is 0 Å². The van der Waals surface area contributed by atoms with Gasteiger partial charge in [-0.1, -0.05) is 115 Å². The molecule has 0 amide bonds. The normalized spacial score (nSPS) is 13.9. The first-order valence-electron chi connectivity index (χ1n) is 22.7. The van der Waals surface area contributed by atoms with Gasteiger partial charge in [0.2, 0.25) is 0 Å². The van der Waals surface area contributed by atoms with Crippen molar-refractivity contribution in [2.75, 3.05) is 19.6 Å². The summed E-state index contributed by atoms with van der Waals surface area (Å²) in [7, 11) is 0. The van der Waals surface area contributed by atoms with E-state index in [4.69, 9.17) is 4.42 Å². The second-order valence-electron chi connectivity index (χ2n) is 17.6. The van der Waals surface area contributed by atoms with Crippen LogP contribution in [-0.4, -0.2) is 13.4 Å². The molecule has 0 bridgehead atoms. The molecule has 0 atom stereocenters. The molecule has 11 aromatic rings. The molecular weight excluding hydrogens is 822 g/mol. The van der Waals surface area contributed by atoms with Crippen LogP contribution in [0.5, 0.6) is 0 Å². The molecule has 0 N–H and O–H groups in total. The van der Waals surface area contributed by atoms with Crippen molar-refractivity contribution >= 4 is 146 Å². The maximum Gasteiger partial charge on any atom is 0.297 e. The van der Waals surface area contributed by atoms with Gasteiger partial charge in [0, 0.05) is 67.0 Å². The summed E-state index contributed by atoms with van der Waals surface area (Å²) in [6.45, 7) is -0.240. The third-order valence-electron chi connectivity index (χ3n) is 14.2. The third-order valence-corrected chi connectivity index (χ3v) is 15.4. The van der Waals surface area contributed by atoms with E-state index in [2.05, 4.69) is 238 Å². The van der Waals surface area contributed by atoms with Crippen LogP contribution >= 0.6 is 11.3 Å². The summed E-state index contributed by atoms with van der Waals surface area (Å²) in [4.78, 5) is 9.99. The number of nitrogens with zero attached hydrogens (tertiary/aromatic N) is 4. The highest BCUT2D eigenvalue weighted by Crippen LogP contribution is 2.50. The zero-order chi connectivity index (χ0) is 43.0. The average Bonchev–Trinajstić information content (AvgIpc) is 3.96. The number of rotatable bonds is 4. The fraction of sp³-hybridized carbons (Fsp3) is 0. The Morgan fingerprint density at radius 3 is 1.38 bits per heavy atom. The smallest absolute Gasteiger partial charge is 0.297 e. The van der Waals surface area contributed by atoms with E-state index in [0.717, 1.165) is 62.1 Å². The largest absolute Gasteiger partial charge is 0.468 e. The molecule has 0 saturated heterocycles. The third kappa shape index (κ3) is 4.86. The van der Waals surface area contributed by atoms with Gasteiger partial charge in [0.25, 0.3) is 13.4 Å². The van der Waals surface area contributed by atoms with Crippen molar-refractivity contribution in [3.8, 4) is 0 Å². The lowest BCUT2D eigenvalue weighted by Crippen LogP contribution is -2.64. The van der Waals surface area contributed by atoms with Gasteiger partial charge < -0.3 is 24.0 Å². The Bertz CT molecular complexity index is 3760. The quantitative estimate of drug-likeness (QED) is 0.164. The molecule has 0 fully saturated rings. The van der Waals surface area contributed by atoms with E-state index in [1.165, 1.54) is 59.5 Å². The van der Waals surface area contributed by atoms with E-state index in [0.29, 0.717) is 0 Å². The van der Waals surface area contributed by atoms with Gasteiger partial charge in [0.1, 0.15) is 5.58 Å². The van der Waals surface area contributed by atoms with Crippen LogP contribution in [0.1, 0.15) is 0 Å². The maximum atomic E-state index is 7.23. The molecule has 9 aromatic carbocycles. The van der Waals surface area contributed by atoms with Crippen molar-refractivity contribution in [3.05, 3.63) is 218 Å². The lowest BCUT2D eigenvalue weighted by molar-refractivity contribution is 0.651. The molecule has 5 nitrogen and oxygen atoms in total. The van der Waals surface area contributed by atoms with Crippen molar-refractivity contribution in [3.63, 3.8) is 0 Å². The minimum atomic E-state index is -0.193. The summed E-state index contributed by atoms with van der Waals surface area (Å²) in [5, 5.41) is 3.67. The highest BCUT2D eigenvalue weighted by molar-refractivity contribution is 7.26. The Hall–Kier alpha value is -8.19. The Balaban J connectivity index is 1.08. The monoisotopic (exact) mass is 858 g/mol. The number of benzene rings is 9. The topological polar surface area (TPSA) is 26.1 Å². The van der Waals surface area contributed by atoms with Gasteiger partial charge in [0.05, 0.1) is 16.3 Å². The summed E-state index contributed by atoms with van der Waals surface area (Å²) >= 11 is 1.89. The van der Waals surface area contributed by atoms with Crippen molar-refractivity contribution in [2.24, 2.45) is 0 Å². The highest BCUT2D eigenvalue weighted by Gasteiger charge is 2.50. The average molecular weight is 859 g/mol. The van der Waals surface area contributed by atoms with Crippen LogP contribution in [0.15, 0.2) is 223 Å². The lowest BCUT2D eigenvalue weighted by Gasteiger charge is -2.46. The fourth-order valence-electron chi connectivity index (χ4n) is 11.6. The van der Waals surface area contributed by atoms with E-state index in [9.17, 15) is 0 Å². The van der Waals surface area contributed by atoms with Crippen LogP contribution in [0.2, 0.25) is 0 Å². The molecule has 0 saturated carbocycles. The summed E-state index contributed by atoms with van der Waals surface area (Å²) in [6, 6.07) is 79.9. The molecule has 0 spiro atoms. The predicted molar refractivity (Wildman–Crippen MR) is 280 cm³/mol.